The van der Waals surface area contributed by atoms with Crippen LogP contribution in [0, 0.1) is 0 Å². The van der Waals surface area contributed by atoms with Crippen molar-refractivity contribution in [1.82, 2.24) is 4.98 Å². The van der Waals surface area contributed by atoms with E-state index < -0.39 is 12.2 Å². The van der Waals surface area contributed by atoms with Gasteiger partial charge in [-0.15, -0.1) is 0 Å². The van der Waals surface area contributed by atoms with Crippen molar-refractivity contribution in [2.45, 2.75) is 18.6 Å². The average molecular weight is 234 g/mol. The fourth-order valence-electron chi connectivity index (χ4n) is 1.07. The summed E-state index contributed by atoms with van der Waals surface area (Å²) in [5.41, 5.74) is 0.381. The van der Waals surface area contributed by atoms with Gasteiger partial charge in [0.2, 0.25) is 0 Å². The van der Waals surface area contributed by atoms with Gasteiger partial charge in [-0.2, -0.15) is 12.6 Å². The van der Waals surface area contributed by atoms with E-state index in [-0.39, 0.29) is 0 Å². The lowest BCUT2D eigenvalue weighted by molar-refractivity contribution is 0.0147. The Morgan fingerprint density at radius 3 is 2.79 bits per heavy atom. The van der Waals surface area contributed by atoms with Gasteiger partial charge >= 0.3 is 0 Å². The first-order chi connectivity index (χ1) is 6.65. The van der Waals surface area contributed by atoms with Gasteiger partial charge in [-0.1, -0.05) is 11.6 Å². The Morgan fingerprint density at radius 1 is 1.50 bits per heavy atom. The minimum Gasteiger partial charge on any atom is -0.390 e. The molecule has 1 heterocycles. The molecule has 1 aromatic rings. The molecule has 0 spiro atoms. The molecular formula is C9H12ClNO2S. The van der Waals surface area contributed by atoms with E-state index in [0.29, 0.717) is 22.9 Å². The Kier molecular flexibility index (Phi) is 4.68. The fraction of sp³-hybridized carbons (Fsp3) is 0.444. The first-order valence-corrected chi connectivity index (χ1v) is 5.24. The van der Waals surface area contributed by atoms with E-state index >= 15 is 0 Å². The second-order valence-electron chi connectivity index (χ2n) is 2.92. The zero-order chi connectivity index (χ0) is 10.6. The fourth-order valence-corrected chi connectivity index (χ4v) is 1.50. The van der Waals surface area contributed by atoms with Crippen molar-refractivity contribution in [3.8, 4) is 0 Å². The summed E-state index contributed by atoms with van der Waals surface area (Å²) in [5.74, 6) is 0.513. The summed E-state index contributed by atoms with van der Waals surface area (Å²) in [5, 5.41) is 19.6. The maximum absolute atomic E-state index is 9.64. The summed E-state index contributed by atoms with van der Waals surface area (Å²) in [7, 11) is 0. The van der Waals surface area contributed by atoms with Crippen LogP contribution in [0.5, 0.6) is 0 Å². The molecule has 0 saturated heterocycles. The van der Waals surface area contributed by atoms with Crippen molar-refractivity contribution in [2.24, 2.45) is 0 Å². The van der Waals surface area contributed by atoms with Gasteiger partial charge in [-0.05, 0) is 24.3 Å². The highest BCUT2D eigenvalue weighted by atomic mass is 35.5. The van der Waals surface area contributed by atoms with Crippen LogP contribution in [0.25, 0.3) is 0 Å². The van der Waals surface area contributed by atoms with Crippen molar-refractivity contribution in [3.05, 3.63) is 29.0 Å². The van der Waals surface area contributed by atoms with E-state index in [1.807, 2.05) is 0 Å². The molecule has 78 valence electrons. The molecule has 2 unspecified atom stereocenters. The second-order valence-corrected chi connectivity index (χ2v) is 3.81. The van der Waals surface area contributed by atoms with Gasteiger partial charge in [-0.3, -0.25) is 4.98 Å². The van der Waals surface area contributed by atoms with Gasteiger partial charge in [0, 0.05) is 11.2 Å². The Labute approximate surface area is 93.2 Å². The molecule has 0 aromatic carbocycles. The normalized spacial score (nSPS) is 15.1. The third kappa shape index (κ3) is 3.13. The van der Waals surface area contributed by atoms with Crippen molar-refractivity contribution < 1.29 is 10.2 Å². The van der Waals surface area contributed by atoms with Crippen LogP contribution in [0.2, 0.25) is 5.02 Å². The molecular weight excluding hydrogens is 222 g/mol. The maximum atomic E-state index is 9.64. The summed E-state index contributed by atoms with van der Waals surface area (Å²) in [6.45, 7) is 0. The van der Waals surface area contributed by atoms with Gasteiger partial charge < -0.3 is 10.2 Å². The van der Waals surface area contributed by atoms with Crippen LogP contribution in [-0.2, 0) is 0 Å². The number of aliphatic hydroxyl groups is 2. The molecule has 0 aliphatic heterocycles. The number of hydrogen-bond donors (Lipinski definition) is 3. The quantitative estimate of drug-likeness (QED) is 0.690. The number of thiol groups is 1. The first-order valence-electron chi connectivity index (χ1n) is 4.23. The molecule has 0 aliphatic carbocycles. The summed E-state index contributed by atoms with van der Waals surface area (Å²) >= 11 is 9.69. The third-order valence-corrected chi connectivity index (χ3v) is 2.33. The van der Waals surface area contributed by atoms with Gasteiger partial charge in [-0.25, -0.2) is 0 Å². The average Bonchev–Trinajstić information content (AvgIpc) is 2.17. The smallest absolute Gasteiger partial charge is 0.122 e. The predicted octanol–water partition coefficient (Wildman–Crippen LogP) is 1.45. The Balaban J connectivity index is 2.73. The number of nitrogens with zero attached hydrogens (tertiary/aromatic N) is 1. The number of aliphatic hydroxyl groups excluding tert-OH is 2. The number of aromatic nitrogens is 1. The lowest BCUT2D eigenvalue weighted by Crippen LogP contribution is -2.19. The van der Waals surface area contributed by atoms with Gasteiger partial charge in [0.15, 0.2) is 0 Å². The highest BCUT2D eigenvalue weighted by Crippen LogP contribution is 2.19. The number of halogens is 1. The molecule has 0 aliphatic rings. The largest absolute Gasteiger partial charge is 0.390 e. The van der Waals surface area contributed by atoms with Gasteiger partial charge in [0.05, 0.1) is 11.8 Å². The lowest BCUT2D eigenvalue weighted by Gasteiger charge is -2.16. The van der Waals surface area contributed by atoms with Crippen molar-refractivity contribution in [3.63, 3.8) is 0 Å². The molecule has 0 fully saturated rings. The predicted molar refractivity (Wildman–Crippen MR) is 58.7 cm³/mol. The lowest BCUT2D eigenvalue weighted by atomic mass is 10.1. The van der Waals surface area contributed by atoms with Crippen molar-refractivity contribution in [2.75, 3.05) is 5.75 Å². The van der Waals surface area contributed by atoms with Crippen LogP contribution in [-0.4, -0.2) is 27.1 Å². The molecule has 0 bridgehead atoms. The molecule has 0 radical (unpaired) electrons. The molecule has 2 N–H and O–H groups in total. The van der Waals surface area contributed by atoms with Crippen LogP contribution < -0.4 is 0 Å². The Bertz CT molecular complexity index is 298. The Hall–Kier alpha value is -0.290. The summed E-state index contributed by atoms with van der Waals surface area (Å²) in [6.07, 6.45) is 0.0616. The van der Waals surface area contributed by atoms with Crippen LogP contribution in [0.4, 0.5) is 0 Å². The van der Waals surface area contributed by atoms with Crippen molar-refractivity contribution >= 4 is 24.2 Å². The van der Waals surface area contributed by atoms with E-state index in [2.05, 4.69) is 17.6 Å². The summed E-state index contributed by atoms with van der Waals surface area (Å²) in [4.78, 5) is 3.92. The number of pyridine rings is 1. The van der Waals surface area contributed by atoms with Crippen molar-refractivity contribution in [1.29, 1.82) is 0 Å². The molecule has 0 saturated carbocycles. The van der Waals surface area contributed by atoms with Crippen LogP contribution in [0.15, 0.2) is 18.3 Å². The SMILES string of the molecule is OC(CCS)C(O)c1cc(Cl)ccn1. The van der Waals surface area contributed by atoms with E-state index in [0.717, 1.165) is 0 Å². The third-order valence-electron chi connectivity index (χ3n) is 1.84. The summed E-state index contributed by atoms with van der Waals surface area (Å²) < 4.78 is 0. The highest BCUT2D eigenvalue weighted by Gasteiger charge is 2.18. The van der Waals surface area contributed by atoms with Crippen LogP contribution in [0.1, 0.15) is 18.2 Å². The molecule has 0 amide bonds. The van der Waals surface area contributed by atoms with E-state index in [1.165, 1.54) is 12.3 Å². The topological polar surface area (TPSA) is 53.4 Å². The first kappa shape index (κ1) is 11.8. The van der Waals surface area contributed by atoms with Gasteiger partial charge in [0.25, 0.3) is 0 Å². The highest BCUT2D eigenvalue weighted by molar-refractivity contribution is 7.80. The zero-order valence-corrected chi connectivity index (χ0v) is 9.12. The molecule has 14 heavy (non-hydrogen) atoms. The second kappa shape index (κ2) is 5.56. The van der Waals surface area contributed by atoms with Crippen LogP contribution >= 0.6 is 24.2 Å². The van der Waals surface area contributed by atoms with E-state index in [9.17, 15) is 10.2 Å². The minimum atomic E-state index is -0.999. The molecule has 3 nitrogen and oxygen atoms in total. The maximum Gasteiger partial charge on any atom is 0.122 e. The molecule has 1 aromatic heterocycles. The number of hydrogen-bond acceptors (Lipinski definition) is 4. The van der Waals surface area contributed by atoms with Gasteiger partial charge in [0.1, 0.15) is 6.10 Å². The van der Waals surface area contributed by atoms with E-state index in [4.69, 9.17) is 11.6 Å². The summed E-state index contributed by atoms with van der Waals surface area (Å²) in [6, 6.07) is 3.15. The molecule has 1 rings (SSSR count). The zero-order valence-electron chi connectivity index (χ0n) is 7.47. The minimum absolute atomic E-state index is 0.381. The monoisotopic (exact) mass is 233 g/mol. The van der Waals surface area contributed by atoms with Crippen LogP contribution in [0.3, 0.4) is 0 Å². The Morgan fingerprint density at radius 2 is 2.21 bits per heavy atom. The standard InChI is InChI=1S/C9H12ClNO2S/c10-6-1-3-11-7(5-6)9(13)8(12)2-4-14/h1,3,5,8-9,12-14H,2,4H2. The number of rotatable bonds is 4. The molecule has 5 heteroatoms. The van der Waals surface area contributed by atoms with E-state index in [1.54, 1.807) is 6.07 Å². The molecule has 2 atom stereocenters.